The number of halogens is 1. The molecular formula is C17H14INO2. The third-order valence-electron chi connectivity index (χ3n) is 3.59. The monoisotopic (exact) mass is 391 g/mol. The first-order valence-electron chi connectivity index (χ1n) is 6.59. The molecule has 0 radical (unpaired) electrons. The molecule has 106 valence electrons. The minimum Gasteiger partial charge on any atom is -0.507 e. The van der Waals surface area contributed by atoms with Crippen LogP contribution in [0.25, 0.3) is 11.6 Å². The Morgan fingerprint density at radius 1 is 1.14 bits per heavy atom. The number of amides is 1. The molecule has 21 heavy (non-hydrogen) atoms. The van der Waals surface area contributed by atoms with Crippen LogP contribution in [0.3, 0.4) is 0 Å². The molecular weight excluding hydrogens is 377 g/mol. The first-order chi connectivity index (χ1) is 9.95. The fraction of sp³-hybridized carbons (Fsp3) is 0.118. The number of benzene rings is 2. The van der Waals surface area contributed by atoms with Gasteiger partial charge in [-0.1, -0.05) is 0 Å². The molecule has 2 aromatic rings. The molecule has 3 rings (SSSR count). The summed E-state index contributed by atoms with van der Waals surface area (Å²) in [7, 11) is 0. The van der Waals surface area contributed by atoms with Gasteiger partial charge in [0.25, 0.3) is 5.91 Å². The van der Waals surface area contributed by atoms with Crippen molar-refractivity contribution in [3.63, 3.8) is 0 Å². The van der Waals surface area contributed by atoms with Crippen LogP contribution in [-0.2, 0) is 4.79 Å². The van der Waals surface area contributed by atoms with E-state index >= 15 is 0 Å². The highest BCUT2D eigenvalue weighted by Gasteiger charge is 2.24. The lowest BCUT2D eigenvalue weighted by Gasteiger charge is -2.06. The highest BCUT2D eigenvalue weighted by Crippen LogP contribution is 2.35. The average Bonchev–Trinajstić information content (AvgIpc) is 2.72. The van der Waals surface area contributed by atoms with Crippen molar-refractivity contribution in [2.45, 2.75) is 13.8 Å². The van der Waals surface area contributed by atoms with Gasteiger partial charge in [-0.25, -0.2) is 0 Å². The number of nitrogens with one attached hydrogen (secondary N) is 1. The predicted octanol–water partition coefficient (Wildman–Crippen LogP) is 4.11. The molecule has 0 bridgehead atoms. The van der Waals surface area contributed by atoms with Gasteiger partial charge in [-0.3, -0.25) is 4.79 Å². The number of hydrogen-bond acceptors (Lipinski definition) is 2. The van der Waals surface area contributed by atoms with Crippen molar-refractivity contribution >= 4 is 45.8 Å². The molecule has 0 spiro atoms. The van der Waals surface area contributed by atoms with Crippen LogP contribution in [0.15, 0.2) is 30.3 Å². The molecule has 2 N–H and O–H groups in total. The standard InChI is InChI=1S/C17H14INO2/c1-9-5-11(6-10(2)16(9)20)7-14-13-8-12(18)3-4-15(13)19-17(14)21/h3-8,20H,1-2H3,(H,19,21). The maximum atomic E-state index is 12.2. The largest absolute Gasteiger partial charge is 0.507 e. The molecule has 1 amide bonds. The fourth-order valence-corrected chi connectivity index (χ4v) is 3.03. The molecule has 0 atom stereocenters. The zero-order valence-electron chi connectivity index (χ0n) is 11.7. The quantitative estimate of drug-likeness (QED) is 0.568. The van der Waals surface area contributed by atoms with Crippen LogP contribution in [0.4, 0.5) is 5.69 Å². The summed E-state index contributed by atoms with van der Waals surface area (Å²) in [5.74, 6) is 0.221. The lowest BCUT2D eigenvalue weighted by molar-refractivity contribution is -0.110. The third-order valence-corrected chi connectivity index (χ3v) is 4.26. The van der Waals surface area contributed by atoms with Crippen molar-refractivity contribution in [1.82, 2.24) is 0 Å². The van der Waals surface area contributed by atoms with Crippen LogP contribution in [0, 0.1) is 17.4 Å². The number of aromatic hydroxyl groups is 1. The molecule has 0 saturated carbocycles. The molecule has 0 aliphatic carbocycles. The fourth-order valence-electron chi connectivity index (χ4n) is 2.54. The molecule has 1 aliphatic heterocycles. The molecule has 4 heteroatoms. The van der Waals surface area contributed by atoms with Crippen LogP contribution in [0.5, 0.6) is 5.75 Å². The van der Waals surface area contributed by atoms with Gasteiger partial charge in [-0.05, 0) is 89.5 Å². The molecule has 3 nitrogen and oxygen atoms in total. The second-order valence-electron chi connectivity index (χ2n) is 5.21. The van der Waals surface area contributed by atoms with Crippen molar-refractivity contribution in [1.29, 1.82) is 0 Å². The van der Waals surface area contributed by atoms with Gasteiger partial charge in [0.1, 0.15) is 5.75 Å². The van der Waals surface area contributed by atoms with Gasteiger partial charge in [-0.15, -0.1) is 0 Å². The van der Waals surface area contributed by atoms with Crippen LogP contribution < -0.4 is 5.32 Å². The number of phenolic OH excluding ortho intramolecular Hbond substituents is 1. The Bertz CT molecular complexity index is 770. The summed E-state index contributed by atoms with van der Waals surface area (Å²) in [6, 6.07) is 9.66. The number of hydrogen-bond donors (Lipinski definition) is 2. The van der Waals surface area contributed by atoms with E-state index in [0.29, 0.717) is 11.3 Å². The molecule has 1 heterocycles. The highest BCUT2D eigenvalue weighted by atomic mass is 127. The topological polar surface area (TPSA) is 49.3 Å². The van der Waals surface area contributed by atoms with Gasteiger partial charge < -0.3 is 10.4 Å². The van der Waals surface area contributed by atoms with E-state index in [1.54, 1.807) is 0 Å². The molecule has 0 unspecified atom stereocenters. The Morgan fingerprint density at radius 3 is 2.48 bits per heavy atom. The van der Waals surface area contributed by atoms with E-state index in [0.717, 1.165) is 31.5 Å². The van der Waals surface area contributed by atoms with Gasteiger partial charge in [0.2, 0.25) is 0 Å². The van der Waals surface area contributed by atoms with E-state index in [4.69, 9.17) is 0 Å². The molecule has 0 aromatic heterocycles. The van der Waals surface area contributed by atoms with Gasteiger partial charge in [0.15, 0.2) is 0 Å². The van der Waals surface area contributed by atoms with Crippen LogP contribution in [-0.4, -0.2) is 11.0 Å². The molecule has 2 aromatic carbocycles. The maximum Gasteiger partial charge on any atom is 0.256 e. The summed E-state index contributed by atoms with van der Waals surface area (Å²) in [5.41, 5.74) is 4.97. The van der Waals surface area contributed by atoms with E-state index in [1.165, 1.54) is 0 Å². The Hall–Kier alpha value is -1.82. The van der Waals surface area contributed by atoms with Gasteiger partial charge in [0.05, 0.1) is 0 Å². The zero-order chi connectivity index (χ0) is 15.1. The van der Waals surface area contributed by atoms with Gasteiger partial charge >= 0.3 is 0 Å². The summed E-state index contributed by atoms with van der Waals surface area (Å²) in [4.78, 5) is 12.2. The Morgan fingerprint density at radius 2 is 1.81 bits per heavy atom. The minimum absolute atomic E-state index is 0.0876. The molecule has 0 fully saturated rings. The number of fused-ring (bicyclic) bond motifs is 1. The summed E-state index contributed by atoms with van der Waals surface area (Å²) < 4.78 is 1.09. The van der Waals surface area contributed by atoms with E-state index in [9.17, 15) is 9.90 Å². The van der Waals surface area contributed by atoms with E-state index in [1.807, 2.05) is 50.3 Å². The number of aryl methyl sites for hydroxylation is 2. The van der Waals surface area contributed by atoms with Crippen LogP contribution >= 0.6 is 22.6 Å². The lowest BCUT2D eigenvalue weighted by atomic mass is 10.0. The van der Waals surface area contributed by atoms with Crippen molar-refractivity contribution < 1.29 is 9.90 Å². The normalized spacial score (nSPS) is 15.2. The second-order valence-corrected chi connectivity index (χ2v) is 6.45. The molecule has 0 saturated heterocycles. The van der Waals surface area contributed by atoms with Crippen LogP contribution in [0.2, 0.25) is 0 Å². The number of carbonyl (C=O) groups excluding carboxylic acids is 1. The lowest BCUT2D eigenvalue weighted by Crippen LogP contribution is -2.03. The van der Waals surface area contributed by atoms with Crippen molar-refractivity contribution in [3.05, 3.63) is 56.2 Å². The van der Waals surface area contributed by atoms with Gasteiger partial charge in [0, 0.05) is 20.4 Å². The van der Waals surface area contributed by atoms with E-state index < -0.39 is 0 Å². The zero-order valence-corrected chi connectivity index (χ0v) is 13.9. The van der Waals surface area contributed by atoms with Crippen molar-refractivity contribution in [3.8, 4) is 5.75 Å². The van der Waals surface area contributed by atoms with E-state index in [2.05, 4.69) is 27.9 Å². The SMILES string of the molecule is Cc1cc(C=C2C(=O)Nc3ccc(I)cc32)cc(C)c1O. The molecule has 1 aliphatic rings. The number of carbonyl (C=O) groups is 1. The number of rotatable bonds is 1. The summed E-state index contributed by atoms with van der Waals surface area (Å²) in [6.45, 7) is 3.71. The maximum absolute atomic E-state index is 12.2. The Balaban J connectivity index is 2.13. The highest BCUT2D eigenvalue weighted by molar-refractivity contribution is 14.1. The van der Waals surface area contributed by atoms with Gasteiger partial charge in [-0.2, -0.15) is 0 Å². The first kappa shape index (κ1) is 14.1. The predicted molar refractivity (Wildman–Crippen MR) is 93.2 cm³/mol. The first-order valence-corrected chi connectivity index (χ1v) is 7.67. The minimum atomic E-state index is -0.0876. The Kier molecular flexibility index (Phi) is 3.49. The van der Waals surface area contributed by atoms with Crippen LogP contribution in [0.1, 0.15) is 22.3 Å². The summed E-state index contributed by atoms with van der Waals surface area (Å²) in [5, 5.41) is 12.7. The summed E-state index contributed by atoms with van der Waals surface area (Å²) >= 11 is 2.24. The second kappa shape index (κ2) is 5.18. The van der Waals surface area contributed by atoms with Crippen molar-refractivity contribution in [2.75, 3.05) is 5.32 Å². The third kappa shape index (κ3) is 2.55. The number of anilines is 1. The number of phenols is 1. The van der Waals surface area contributed by atoms with Crippen molar-refractivity contribution in [2.24, 2.45) is 0 Å². The smallest absolute Gasteiger partial charge is 0.256 e. The average molecular weight is 391 g/mol. The Labute approximate surface area is 136 Å². The summed E-state index contributed by atoms with van der Waals surface area (Å²) in [6.07, 6.45) is 1.87. The van der Waals surface area contributed by atoms with E-state index in [-0.39, 0.29) is 5.91 Å².